The van der Waals surface area contributed by atoms with Crippen LogP contribution in [0.3, 0.4) is 0 Å². The van der Waals surface area contributed by atoms with Crippen LogP contribution in [0.1, 0.15) is 94.4 Å². The lowest BCUT2D eigenvalue weighted by Crippen LogP contribution is -1.97. The first kappa shape index (κ1) is 17.6. The first-order chi connectivity index (χ1) is 9.74. The molecule has 0 saturated carbocycles. The molecule has 1 rings (SSSR count). The highest BCUT2D eigenvalue weighted by Gasteiger charge is 2.09. The molecule has 0 fully saturated rings. The zero-order valence-electron chi connectivity index (χ0n) is 13.2. The molecular formula is C17H31NOS. The molecular weight excluding hydrogens is 266 g/mol. The van der Waals surface area contributed by atoms with Crippen molar-refractivity contribution in [1.29, 1.82) is 0 Å². The van der Waals surface area contributed by atoms with Crippen molar-refractivity contribution in [2.24, 2.45) is 0 Å². The largest absolute Gasteiger partial charge is 0.387 e. The number of rotatable bonds is 12. The van der Waals surface area contributed by atoms with E-state index in [2.05, 4.69) is 11.9 Å². The quantitative estimate of drug-likeness (QED) is 0.495. The van der Waals surface area contributed by atoms with Crippen LogP contribution in [-0.4, -0.2) is 10.1 Å². The van der Waals surface area contributed by atoms with Gasteiger partial charge in [0.1, 0.15) is 0 Å². The Morgan fingerprint density at radius 3 is 2.05 bits per heavy atom. The van der Waals surface area contributed by atoms with Crippen LogP contribution in [0.5, 0.6) is 0 Å². The van der Waals surface area contributed by atoms with Gasteiger partial charge in [0.15, 0.2) is 0 Å². The van der Waals surface area contributed by atoms with Gasteiger partial charge in [0.05, 0.1) is 16.8 Å². The summed E-state index contributed by atoms with van der Waals surface area (Å²) in [4.78, 5) is 4.34. The van der Waals surface area contributed by atoms with Crippen LogP contribution in [-0.2, 0) is 0 Å². The van der Waals surface area contributed by atoms with Crippen molar-refractivity contribution in [3.05, 3.63) is 16.1 Å². The molecule has 116 valence electrons. The highest BCUT2D eigenvalue weighted by atomic mass is 32.1. The second-order valence-corrected chi connectivity index (χ2v) is 6.84. The number of nitrogens with zero attached hydrogens (tertiary/aromatic N) is 1. The molecule has 1 N–H and O–H groups in total. The molecule has 1 aromatic rings. The third-order valence-electron chi connectivity index (χ3n) is 3.81. The Morgan fingerprint density at radius 1 is 1.00 bits per heavy atom. The normalized spacial score (nSPS) is 12.8. The lowest BCUT2D eigenvalue weighted by molar-refractivity contribution is 0.159. The minimum absolute atomic E-state index is 0.353. The summed E-state index contributed by atoms with van der Waals surface area (Å²) >= 11 is 1.62. The molecule has 1 heterocycles. The third-order valence-corrected chi connectivity index (χ3v) is 4.60. The highest BCUT2D eigenvalue weighted by Crippen LogP contribution is 2.21. The van der Waals surface area contributed by atoms with Gasteiger partial charge in [-0.15, -0.1) is 11.3 Å². The minimum Gasteiger partial charge on any atom is -0.387 e. The van der Waals surface area contributed by atoms with Crippen LogP contribution in [0, 0.1) is 6.92 Å². The Hall–Kier alpha value is -0.410. The van der Waals surface area contributed by atoms with E-state index in [0.29, 0.717) is 0 Å². The number of hydrogen-bond donors (Lipinski definition) is 1. The summed E-state index contributed by atoms with van der Waals surface area (Å²) in [5.41, 5.74) is 0.864. The fourth-order valence-electron chi connectivity index (χ4n) is 2.51. The fraction of sp³-hybridized carbons (Fsp3) is 0.824. The van der Waals surface area contributed by atoms with Gasteiger partial charge in [0.2, 0.25) is 0 Å². The summed E-state index contributed by atoms with van der Waals surface area (Å²) in [6.07, 6.45) is 13.9. The van der Waals surface area contributed by atoms with Crippen molar-refractivity contribution >= 4 is 11.3 Å². The van der Waals surface area contributed by atoms with Crippen LogP contribution in [0.4, 0.5) is 0 Å². The van der Waals surface area contributed by atoms with Gasteiger partial charge < -0.3 is 5.11 Å². The molecule has 0 bridgehead atoms. The predicted octanol–water partition coefficient (Wildman–Crippen LogP) is 5.80. The lowest BCUT2D eigenvalue weighted by Gasteiger charge is -2.07. The molecule has 0 spiro atoms. The van der Waals surface area contributed by atoms with Crippen LogP contribution in [0.25, 0.3) is 0 Å². The van der Waals surface area contributed by atoms with Gasteiger partial charge in [0, 0.05) is 5.38 Å². The summed E-state index contributed by atoms with van der Waals surface area (Å²) < 4.78 is 0. The number of unbranched alkanes of at least 4 members (excludes halogenated alkanes) is 9. The summed E-state index contributed by atoms with van der Waals surface area (Å²) in [5.74, 6) is 0. The number of hydrogen-bond acceptors (Lipinski definition) is 3. The Balaban J connectivity index is 1.89. The van der Waals surface area contributed by atoms with Gasteiger partial charge >= 0.3 is 0 Å². The van der Waals surface area contributed by atoms with E-state index in [4.69, 9.17) is 0 Å². The molecule has 20 heavy (non-hydrogen) atoms. The van der Waals surface area contributed by atoms with Crippen LogP contribution < -0.4 is 0 Å². The van der Waals surface area contributed by atoms with E-state index in [-0.39, 0.29) is 6.10 Å². The Bertz CT molecular complexity index is 337. The van der Waals surface area contributed by atoms with E-state index in [1.165, 1.54) is 57.8 Å². The smallest absolute Gasteiger partial charge is 0.0968 e. The molecule has 2 nitrogen and oxygen atoms in total. The van der Waals surface area contributed by atoms with Gasteiger partial charge in [-0.05, 0) is 13.3 Å². The van der Waals surface area contributed by atoms with E-state index < -0.39 is 0 Å². The average molecular weight is 298 g/mol. The molecule has 0 aliphatic rings. The van der Waals surface area contributed by atoms with E-state index in [9.17, 15) is 5.11 Å². The summed E-state index contributed by atoms with van der Waals surface area (Å²) in [5, 5.41) is 13.0. The highest BCUT2D eigenvalue weighted by molar-refractivity contribution is 7.09. The molecule has 0 saturated heterocycles. The number of aliphatic hydroxyl groups is 1. The van der Waals surface area contributed by atoms with Crippen molar-refractivity contribution in [3.63, 3.8) is 0 Å². The van der Waals surface area contributed by atoms with E-state index in [1.54, 1.807) is 11.3 Å². The summed E-state index contributed by atoms with van der Waals surface area (Å²) in [6.45, 7) is 4.25. The van der Waals surface area contributed by atoms with Crippen molar-refractivity contribution in [1.82, 2.24) is 4.98 Å². The van der Waals surface area contributed by atoms with Gasteiger partial charge in [-0.25, -0.2) is 4.98 Å². The third kappa shape index (κ3) is 8.01. The van der Waals surface area contributed by atoms with Gasteiger partial charge in [-0.1, -0.05) is 71.1 Å². The van der Waals surface area contributed by atoms with Crippen molar-refractivity contribution in [3.8, 4) is 0 Å². The molecule has 0 aromatic carbocycles. The van der Waals surface area contributed by atoms with Gasteiger partial charge in [0.25, 0.3) is 0 Å². The van der Waals surface area contributed by atoms with Crippen molar-refractivity contribution < 1.29 is 5.11 Å². The SMILES string of the molecule is CCCCCCCCCCCCC(O)c1csc(C)n1. The van der Waals surface area contributed by atoms with Gasteiger partial charge in [-0.2, -0.15) is 0 Å². The van der Waals surface area contributed by atoms with Crippen LogP contribution in [0.2, 0.25) is 0 Å². The number of thiazole rings is 1. The maximum atomic E-state index is 10.0. The Labute approximate surface area is 128 Å². The molecule has 0 aliphatic carbocycles. The maximum absolute atomic E-state index is 10.0. The maximum Gasteiger partial charge on any atom is 0.0968 e. The van der Waals surface area contributed by atoms with Crippen molar-refractivity contribution in [2.45, 2.75) is 90.6 Å². The van der Waals surface area contributed by atoms with Crippen LogP contribution in [0.15, 0.2) is 5.38 Å². The number of aliphatic hydroxyl groups excluding tert-OH is 1. The van der Waals surface area contributed by atoms with Gasteiger partial charge in [-0.3, -0.25) is 0 Å². The minimum atomic E-state index is -0.353. The van der Waals surface area contributed by atoms with E-state index >= 15 is 0 Å². The average Bonchev–Trinajstić information content (AvgIpc) is 2.87. The molecule has 0 aliphatic heterocycles. The standard InChI is InChI=1S/C17H31NOS/c1-3-4-5-6-7-8-9-10-11-12-13-17(19)16-14-20-15(2)18-16/h14,17,19H,3-13H2,1-2H3. The second kappa shape index (κ2) is 11.3. The lowest BCUT2D eigenvalue weighted by atomic mass is 10.0. The molecule has 1 unspecified atom stereocenters. The second-order valence-electron chi connectivity index (χ2n) is 5.78. The molecule has 3 heteroatoms. The molecule has 1 aromatic heterocycles. The predicted molar refractivity (Wildman–Crippen MR) is 88.3 cm³/mol. The first-order valence-corrected chi connectivity index (χ1v) is 9.22. The molecule has 1 atom stereocenters. The topological polar surface area (TPSA) is 33.1 Å². The monoisotopic (exact) mass is 297 g/mol. The number of aryl methyl sites for hydroxylation is 1. The molecule has 0 amide bonds. The summed E-state index contributed by atoms with van der Waals surface area (Å²) in [7, 11) is 0. The zero-order chi connectivity index (χ0) is 14.6. The Morgan fingerprint density at radius 2 is 1.55 bits per heavy atom. The van der Waals surface area contributed by atoms with Crippen molar-refractivity contribution in [2.75, 3.05) is 0 Å². The first-order valence-electron chi connectivity index (χ1n) is 8.34. The van der Waals surface area contributed by atoms with E-state index in [0.717, 1.165) is 23.5 Å². The number of aromatic nitrogens is 1. The summed E-state index contributed by atoms with van der Waals surface area (Å²) in [6, 6.07) is 0. The van der Waals surface area contributed by atoms with E-state index in [1.807, 2.05) is 12.3 Å². The van der Waals surface area contributed by atoms with Crippen LogP contribution >= 0.6 is 11.3 Å². The zero-order valence-corrected chi connectivity index (χ0v) is 14.1. The fourth-order valence-corrected chi connectivity index (χ4v) is 3.17. The Kier molecular flexibility index (Phi) is 9.94. The molecule has 0 radical (unpaired) electrons.